The van der Waals surface area contributed by atoms with Gasteiger partial charge < -0.3 is 19.8 Å². The average molecular weight is 491 g/mol. The summed E-state index contributed by atoms with van der Waals surface area (Å²) in [5.74, 6) is -0.914. The summed E-state index contributed by atoms with van der Waals surface area (Å²) in [7, 11) is 1.53. The molecule has 0 aliphatic heterocycles. The molecule has 2 N–H and O–H groups in total. The van der Waals surface area contributed by atoms with Crippen molar-refractivity contribution >= 4 is 40.2 Å². The van der Waals surface area contributed by atoms with Gasteiger partial charge in [-0.2, -0.15) is 0 Å². The third-order valence-corrected chi connectivity index (χ3v) is 5.80. The summed E-state index contributed by atoms with van der Waals surface area (Å²) in [4.78, 5) is 41.5. The molecular weight excluding hydrogens is 468 g/mol. The molecule has 0 aliphatic carbocycles. The SMILES string of the molecule is COc1ccc(C(=O)COC(=O)[C@@H](Cc2c[nH]c3ccccc23)NC(=O)c2ccc(Cl)cc2)cc1. The molecule has 0 aliphatic rings. The van der Waals surface area contributed by atoms with E-state index in [1.165, 1.54) is 7.11 Å². The molecule has 0 fully saturated rings. The number of H-pyrrole nitrogens is 1. The van der Waals surface area contributed by atoms with Gasteiger partial charge in [-0.25, -0.2) is 4.79 Å². The molecule has 1 atom stereocenters. The standard InChI is InChI=1S/C27H23ClN2O5/c1-34-21-12-8-17(9-13-21)25(31)16-35-27(33)24(30-26(32)18-6-10-20(28)11-7-18)14-19-15-29-23-5-3-2-4-22(19)23/h2-13,15,24,29H,14,16H2,1H3,(H,30,32)/t24-/m1/s1. The molecule has 0 spiro atoms. The lowest BCUT2D eigenvalue weighted by molar-refractivity contribution is -0.144. The Morgan fingerprint density at radius 1 is 0.943 bits per heavy atom. The Bertz CT molecular complexity index is 1350. The number of hydrogen-bond donors (Lipinski definition) is 2. The minimum Gasteiger partial charge on any atom is -0.497 e. The second kappa shape index (κ2) is 10.9. The fourth-order valence-corrected chi connectivity index (χ4v) is 3.78. The number of ketones is 1. The highest BCUT2D eigenvalue weighted by Gasteiger charge is 2.25. The number of rotatable bonds is 9. The lowest BCUT2D eigenvalue weighted by Crippen LogP contribution is -2.43. The summed E-state index contributed by atoms with van der Waals surface area (Å²) in [6.45, 7) is -0.452. The van der Waals surface area contributed by atoms with Crippen molar-refractivity contribution in [2.45, 2.75) is 12.5 Å². The van der Waals surface area contributed by atoms with Gasteiger partial charge in [0, 0.05) is 39.7 Å². The van der Waals surface area contributed by atoms with Crippen molar-refractivity contribution in [1.29, 1.82) is 0 Å². The van der Waals surface area contributed by atoms with E-state index in [2.05, 4.69) is 10.3 Å². The van der Waals surface area contributed by atoms with Crippen LogP contribution in [0.5, 0.6) is 5.75 Å². The molecule has 0 bridgehead atoms. The first kappa shape index (κ1) is 24.0. The summed E-state index contributed by atoms with van der Waals surface area (Å²) >= 11 is 5.91. The molecule has 0 saturated heterocycles. The van der Waals surface area contributed by atoms with Crippen molar-refractivity contribution in [2.24, 2.45) is 0 Å². The molecule has 8 heteroatoms. The number of ether oxygens (including phenoxy) is 2. The predicted octanol–water partition coefficient (Wildman–Crippen LogP) is 4.60. The second-order valence-electron chi connectivity index (χ2n) is 7.86. The van der Waals surface area contributed by atoms with Crippen LogP contribution in [0, 0.1) is 0 Å². The summed E-state index contributed by atoms with van der Waals surface area (Å²) in [6, 6.07) is 19.5. The highest BCUT2D eigenvalue weighted by atomic mass is 35.5. The smallest absolute Gasteiger partial charge is 0.329 e. The number of carbonyl (C=O) groups excluding carboxylic acids is 3. The first-order valence-electron chi connectivity index (χ1n) is 10.9. The Morgan fingerprint density at radius 2 is 1.63 bits per heavy atom. The Labute approximate surface area is 207 Å². The van der Waals surface area contributed by atoms with E-state index in [9.17, 15) is 14.4 Å². The van der Waals surface area contributed by atoms with Crippen LogP contribution < -0.4 is 10.1 Å². The summed E-state index contributed by atoms with van der Waals surface area (Å²) in [5.41, 5.74) is 2.48. The van der Waals surface area contributed by atoms with Crippen molar-refractivity contribution in [2.75, 3.05) is 13.7 Å². The molecule has 1 amide bonds. The van der Waals surface area contributed by atoms with Crippen LogP contribution >= 0.6 is 11.6 Å². The molecule has 0 radical (unpaired) electrons. The van der Waals surface area contributed by atoms with Gasteiger partial charge in [0.05, 0.1) is 7.11 Å². The van der Waals surface area contributed by atoms with Crippen molar-refractivity contribution in [3.8, 4) is 5.75 Å². The molecule has 4 aromatic rings. The number of benzene rings is 3. The van der Waals surface area contributed by atoms with Gasteiger partial charge in [-0.3, -0.25) is 9.59 Å². The quantitative estimate of drug-likeness (QED) is 0.264. The van der Waals surface area contributed by atoms with Gasteiger partial charge in [-0.15, -0.1) is 0 Å². The van der Waals surface area contributed by atoms with Crippen LogP contribution in [-0.4, -0.2) is 42.4 Å². The third-order valence-electron chi connectivity index (χ3n) is 5.55. The Kier molecular flexibility index (Phi) is 7.48. The number of aromatic nitrogens is 1. The normalized spacial score (nSPS) is 11.6. The lowest BCUT2D eigenvalue weighted by atomic mass is 10.0. The van der Waals surface area contributed by atoms with E-state index in [1.807, 2.05) is 24.3 Å². The maximum atomic E-state index is 13.0. The van der Waals surface area contributed by atoms with Crippen LogP contribution in [0.2, 0.25) is 5.02 Å². The molecule has 0 unspecified atom stereocenters. The van der Waals surface area contributed by atoms with E-state index in [-0.39, 0.29) is 12.2 Å². The number of esters is 1. The molecule has 7 nitrogen and oxygen atoms in total. The van der Waals surface area contributed by atoms with Crippen LogP contribution in [0.15, 0.2) is 79.0 Å². The fourth-order valence-electron chi connectivity index (χ4n) is 3.65. The maximum absolute atomic E-state index is 13.0. The molecule has 1 heterocycles. The number of para-hydroxylation sites is 1. The number of methoxy groups -OCH3 is 1. The minimum atomic E-state index is -1.01. The van der Waals surface area contributed by atoms with Gasteiger partial charge >= 0.3 is 5.97 Å². The molecular formula is C27H23ClN2O5. The van der Waals surface area contributed by atoms with Crippen molar-refractivity contribution < 1.29 is 23.9 Å². The van der Waals surface area contributed by atoms with Gasteiger partial charge in [0.15, 0.2) is 12.4 Å². The van der Waals surface area contributed by atoms with E-state index >= 15 is 0 Å². The first-order valence-corrected chi connectivity index (χ1v) is 11.3. The number of halogens is 1. The largest absolute Gasteiger partial charge is 0.497 e. The minimum absolute atomic E-state index is 0.179. The van der Waals surface area contributed by atoms with E-state index < -0.39 is 24.5 Å². The van der Waals surface area contributed by atoms with Crippen LogP contribution in [0.25, 0.3) is 10.9 Å². The number of Topliss-reactive ketones (excluding diaryl/α,β-unsaturated/α-hetero) is 1. The van der Waals surface area contributed by atoms with Crippen LogP contribution in [0.4, 0.5) is 0 Å². The maximum Gasteiger partial charge on any atom is 0.329 e. The topological polar surface area (TPSA) is 97.5 Å². The zero-order chi connectivity index (χ0) is 24.8. The van der Waals surface area contributed by atoms with Gasteiger partial charge in [0.2, 0.25) is 0 Å². The van der Waals surface area contributed by atoms with Crippen LogP contribution in [0.1, 0.15) is 26.3 Å². The highest BCUT2D eigenvalue weighted by molar-refractivity contribution is 6.30. The van der Waals surface area contributed by atoms with Crippen molar-refractivity contribution in [1.82, 2.24) is 10.3 Å². The van der Waals surface area contributed by atoms with E-state index in [0.29, 0.717) is 21.9 Å². The Balaban J connectivity index is 1.50. The van der Waals surface area contributed by atoms with Gasteiger partial charge in [0.1, 0.15) is 11.8 Å². The first-order chi connectivity index (χ1) is 16.9. The zero-order valence-electron chi connectivity index (χ0n) is 18.9. The Hall–Kier alpha value is -4.10. The highest BCUT2D eigenvalue weighted by Crippen LogP contribution is 2.20. The number of aromatic amines is 1. The van der Waals surface area contributed by atoms with Gasteiger partial charge in [-0.05, 0) is 60.2 Å². The van der Waals surface area contributed by atoms with Crippen molar-refractivity contribution in [3.63, 3.8) is 0 Å². The summed E-state index contributed by atoms with van der Waals surface area (Å²) in [5, 5.41) is 4.16. The molecule has 1 aromatic heterocycles. The molecule has 3 aromatic carbocycles. The van der Waals surface area contributed by atoms with E-state index in [1.54, 1.807) is 54.7 Å². The van der Waals surface area contributed by atoms with Gasteiger partial charge in [0.25, 0.3) is 5.91 Å². The van der Waals surface area contributed by atoms with Gasteiger partial charge in [-0.1, -0.05) is 29.8 Å². The Morgan fingerprint density at radius 3 is 2.34 bits per heavy atom. The number of hydrogen-bond acceptors (Lipinski definition) is 5. The van der Waals surface area contributed by atoms with E-state index in [0.717, 1.165) is 16.5 Å². The fraction of sp³-hybridized carbons (Fsp3) is 0.148. The predicted molar refractivity (Wildman–Crippen MR) is 133 cm³/mol. The average Bonchev–Trinajstić information content (AvgIpc) is 3.29. The molecule has 35 heavy (non-hydrogen) atoms. The van der Waals surface area contributed by atoms with E-state index in [4.69, 9.17) is 21.1 Å². The molecule has 0 saturated carbocycles. The third kappa shape index (κ3) is 5.88. The summed E-state index contributed by atoms with van der Waals surface area (Å²) in [6.07, 6.45) is 1.97. The monoisotopic (exact) mass is 490 g/mol. The number of fused-ring (bicyclic) bond motifs is 1. The number of nitrogens with one attached hydrogen (secondary N) is 2. The number of carbonyl (C=O) groups is 3. The molecule has 178 valence electrons. The molecule has 4 rings (SSSR count). The number of amides is 1. The van der Waals surface area contributed by atoms with Crippen LogP contribution in [0.3, 0.4) is 0 Å². The second-order valence-corrected chi connectivity index (χ2v) is 8.29. The van der Waals surface area contributed by atoms with Crippen LogP contribution in [-0.2, 0) is 16.0 Å². The zero-order valence-corrected chi connectivity index (χ0v) is 19.7. The van der Waals surface area contributed by atoms with Crippen molar-refractivity contribution in [3.05, 3.63) is 101 Å². The summed E-state index contributed by atoms with van der Waals surface area (Å²) < 4.78 is 10.4. The lowest BCUT2D eigenvalue weighted by Gasteiger charge is -2.18.